The van der Waals surface area contributed by atoms with Crippen molar-refractivity contribution in [3.05, 3.63) is 46.3 Å². The van der Waals surface area contributed by atoms with Gasteiger partial charge in [-0.1, -0.05) is 6.07 Å². The maximum Gasteiger partial charge on any atom is 0.144 e. The summed E-state index contributed by atoms with van der Waals surface area (Å²) in [5, 5.41) is 4.09. The molecule has 3 N–H and O–H groups in total. The van der Waals surface area contributed by atoms with E-state index in [0.717, 1.165) is 14.6 Å². The highest BCUT2D eigenvalue weighted by Gasteiger charge is 2.10. The first-order chi connectivity index (χ1) is 12.7. The monoisotopic (exact) mass is 468 g/mol. The molecular weight excluding hydrogens is 450 g/mol. The highest BCUT2D eigenvalue weighted by Crippen LogP contribution is 2.31. The maximum absolute atomic E-state index is 12.0. The number of benzene rings is 2. The van der Waals surface area contributed by atoms with Crippen LogP contribution >= 0.6 is 22.6 Å². The van der Waals surface area contributed by atoms with Crippen LogP contribution in [0, 0.1) is 3.57 Å². The summed E-state index contributed by atoms with van der Waals surface area (Å²) in [7, 11) is 0. The molecule has 0 aliphatic heterocycles. The standard InChI is InChI=1S/C18H18FIN4O2/c19-4-5-25-6-7-26-17-10-16-14(9-15(17)21)18(23-11-22-16)24-13-3-1-2-12(20)8-13/h1-3,8-11H,4-7,21H2,(H,22,23,24). The molecule has 0 unspecified atom stereocenters. The van der Waals surface area contributed by atoms with Gasteiger partial charge in [-0.25, -0.2) is 14.4 Å². The number of anilines is 3. The van der Waals surface area contributed by atoms with Crippen molar-refractivity contribution in [2.75, 3.05) is 37.5 Å². The summed E-state index contributed by atoms with van der Waals surface area (Å²) in [6.45, 7) is 0.140. The van der Waals surface area contributed by atoms with Crippen LogP contribution in [0.3, 0.4) is 0 Å². The van der Waals surface area contributed by atoms with Gasteiger partial charge in [0.25, 0.3) is 0 Å². The van der Waals surface area contributed by atoms with Crippen LogP contribution in [0.25, 0.3) is 10.9 Å². The van der Waals surface area contributed by atoms with Gasteiger partial charge in [-0.3, -0.25) is 0 Å². The summed E-state index contributed by atoms with van der Waals surface area (Å²) in [6, 6.07) is 11.5. The predicted molar refractivity (Wildman–Crippen MR) is 109 cm³/mol. The van der Waals surface area contributed by atoms with Gasteiger partial charge in [-0.2, -0.15) is 0 Å². The van der Waals surface area contributed by atoms with Crippen molar-refractivity contribution >= 4 is 50.7 Å². The average molecular weight is 468 g/mol. The minimum Gasteiger partial charge on any atom is -0.489 e. The summed E-state index contributed by atoms with van der Waals surface area (Å²) in [4.78, 5) is 8.61. The molecule has 26 heavy (non-hydrogen) atoms. The molecule has 0 aliphatic rings. The van der Waals surface area contributed by atoms with Crippen molar-refractivity contribution in [3.63, 3.8) is 0 Å². The maximum atomic E-state index is 12.0. The summed E-state index contributed by atoms with van der Waals surface area (Å²) < 4.78 is 23.8. The van der Waals surface area contributed by atoms with Crippen molar-refractivity contribution in [2.24, 2.45) is 0 Å². The van der Waals surface area contributed by atoms with Gasteiger partial charge in [0, 0.05) is 20.7 Å². The number of rotatable bonds is 8. The van der Waals surface area contributed by atoms with Gasteiger partial charge in [0.1, 0.15) is 31.2 Å². The first-order valence-corrected chi connectivity index (χ1v) is 9.08. The van der Waals surface area contributed by atoms with Gasteiger partial charge in [-0.05, 0) is 46.9 Å². The Kier molecular flexibility index (Phi) is 6.40. The number of nitrogens with zero attached hydrogens (tertiary/aromatic N) is 2. The quantitative estimate of drug-likeness (QED) is 0.296. The molecular formula is C18H18FIN4O2. The second kappa shape index (κ2) is 8.95. The zero-order valence-electron chi connectivity index (χ0n) is 13.9. The van der Waals surface area contributed by atoms with Crippen molar-refractivity contribution in [2.45, 2.75) is 0 Å². The van der Waals surface area contributed by atoms with Gasteiger partial charge < -0.3 is 20.5 Å². The summed E-state index contributed by atoms with van der Waals surface area (Å²) in [6.07, 6.45) is 1.49. The molecule has 0 saturated heterocycles. The molecule has 0 atom stereocenters. The number of hydrogen-bond acceptors (Lipinski definition) is 6. The van der Waals surface area contributed by atoms with Crippen LogP contribution < -0.4 is 15.8 Å². The van der Waals surface area contributed by atoms with Crippen LogP contribution in [0.4, 0.5) is 21.6 Å². The van der Waals surface area contributed by atoms with E-state index in [1.165, 1.54) is 6.33 Å². The number of nitrogens with one attached hydrogen (secondary N) is 1. The Morgan fingerprint density at radius 2 is 2.00 bits per heavy atom. The highest BCUT2D eigenvalue weighted by atomic mass is 127. The normalized spacial score (nSPS) is 10.8. The number of aromatic nitrogens is 2. The lowest BCUT2D eigenvalue weighted by Crippen LogP contribution is -2.09. The number of fused-ring (bicyclic) bond motifs is 1. The van der Waals surface area contributed by atoms with Crippen LogP contribution in [0.2, 0.25) is 0 Å². The number of nitrogens with two attached hydrogens (primary N) is 1. The van der Waals surface area contributed by atoms with Crippen molar-refractivity contribution in [3.8, 4) is 5.75 Å². The molecule has 0 radical (unpaired) electrons. The van der Waals surface area contributed by atoms with Crippen molar-refractivity contribution in [1.29, 1.82) is 0 Å². The van der Waals surface area contributed by atoms with E-state index < -0.39 is 6.67 Å². The van der Waals surface area contributed by atoms with E-state index in [1.54, 1.807) is 12.1 Å². The van der Waals surface area contributed by atoms with E-state index in [1.807, 2.05) is 24.3 Å². The molecule has 8 heteroatoms. The Labute approximate surface area is 164 Å². The minimum atomic E-state index is -0.509. The Balaban J connectivity index is 1.80. The van der Waals surface area contributed by atoms with Gasteiger partial charge >= 0.3 is 0 Å². The van der Waals surface area contributed by atoms with Crippen LogP contribution in [0.5, 0.6) is 5.75 Å². The van der Waals surface area contributed by atoms with E-state index in [4.69, 9.17) is 15.2 Å². The van der Waals surface area contributed by atoms with Crippen LogP contribution in [0.1, 0.15) is 0 Å². The summed E-state index contributed by atoms with van der Waals surface area (Å²) in [5.74, 6) is 1.18. The lowest BCUT2D eigenvalue weighted by Gasteiger charge is -2.12. The van der Waals surface area contributed by atoms with E-state index in [-0.39, 0.29) is 13.2 Å². The Bertz CT molecular complexity index is 894. The van der Waals surface area contributed by atoms with Gasteiger partial charge in [-0.15, -0.1) is 0 Å². The molecule has 136 valence electrons. The first-order valence-electron chi connectivity index (χ1n) is 8.00. The highest BCUT2D eigenvalue weighted by molar-refractivity contribution is 14.1. The molecule has 1 aromatic heterocycles. The zero-order valence-corrected chi connectivity index (χ0v) is 16.1. The van der Waals surface area contributed by atoms with E-state index in [2.05, 4.69) is 37.9 Å². The molecule has 0 fully saturated rings. The first kappa shape index (κ1) is 18.6. The average Bonchev–Trinajstić information content (AvgIpc) is 2.62. The number of hydrogen-bond donors (Lipinski definition) is 2. The van der Waals surface area contributed by atoms with Gasteiger partial charge in [0.05, 0.1) is 24.4 Å². The zero-order chi connectivity index (χ0) is 18.4. The topological polar surface area (TPSA) is 82.3 Å². The third-order valence-corrected chi connectivity index (χ3v) is 4.23. The van der Waals surface area contributed by atoms with Crippen LogP contribution in [0.15, 0.2) is 42.7 Å². The molecule has 3 rings (SSSR count). The Morgan fingerprint density at radius 3 is 2.81 bits per heavy atom. The minimum absolute atomic E-state index is 0.0667. The number of alkyl halides is 1. The van der Waals surface area contributed by atoms with Crippen molar-refractivity contribution < 1.29 is 13.9 Å². The SMILES string of the molecule is Nc1cc2c(Nc3cccc(I)c3)ncnc2cc1OCCOCCF. The molecule has 0 bridgehead atoms. The molecule has 1 heterocycles. The molecule has 6 nitrogen and oxygen atoms in total. The fourth-order valence-corrected chi connectivity index (χ4v) is 2.94. The van der Waals surface area contributed by atoms with E-state index >= 15 is 0 Å². The summed E-state index contributed by atoms with van der Waals surface area (Å²) >= 11 is 2.26. The molecule has 0 aliphatic carbocycles. The molecule has 0 saturated carbocycles. The number of nitrogen functional groups attached to an aromatic ring is 1. The smallest absolute Gasteiger partial charge is 0.144 e. The largest absolute Gasteiger partial charge is 0.489 e. The van der Waals surface area contributed by atoms with Crippen LogP contribution in [-0.4, -0.2) is 36.5 Å². The summed E-state index contributed by atoms with van der Waals surface area (Å²) in [5.41, 5.74) is 8.22. The molecule has 0 amide bonds. The fourth-order valence-electron chi connectivity index (χ4n) is 2.40. The second-order valence-electron chi connectivity index (χ2n) is 5.41. The third kappa shape index (κ3) is 4.70. The van der Waals surface area contributed by atoms with Gasteiger partial charge in [0.15, 0.2) is 0 Å². The lowest BCUT2D eigenvalue weighted by molar-refractivity contribution is 0.0899. The van der Waals surface area contributed by atoms with E-state index in [0.29, 0.717) is 29.4 Å². The lowest BCUT2D eigenvalue weighted by atomic mass is 10.2. The van der Waals surface area contributed by atoms with Crippen LogP contribution in [-0.2, 0) is 4.74 Å². The predicted octanol–water partition coefficient (Wildman–Crippen LogP) is 3.93. The van der Waals surface area contributed by atoms with Crippen molar-refractivity contribution in [1.82, 2.24) is 9.97 Å². The second-order valence-corrected chi connectivity index (χ2v) is 6.66. The molecule has 2 aromatic carbocycles. The molecule has 3 aromatic rings. The number of halogens is 2. The van der Waals surface area contributed by atoms with Gasteiger partial charge in [0.2, 0.25) is 0 Å². The Hall–Kier alpha value is -2.20. The molecule has 0 spiro atoms. The third-order valence-electron chi connectivity index (χ3n) is 3.56. The fraction of sp³-hybridized carbons (Fsp3) is 0.222. The number of ether oxygens (including phenoxy) is 2. The van der Waals surface area contributed by atoms with E-state index in [9.17, 15) is 4.39 Å². The Morgan fingerprint density at radius 1 is 1.12 bits per heavy atom.